The minimum atomic E-state index is -0.487. The first-order valence-electron chi connectivity index (χ1n) is 8.03. The van der Waals surface area contributed by atoms with Crippen molar-refractivity contribution in [3.63, 3.8) is 0 Å². The van der Waals surface area contributed by atoms with Gasteiger partial charge >= 0.3 is 5.97 Å². The van der Waals surface area contributed by atoms with Gasteiger partial charge in [0, 0.05) is 37.0 Å². The summed E-state index contributed by atoms with van der Waals surface area (Å²) in [4.78, 5) is 34.0. The summed E-state index contributed by atoms with van der Waals surface area (Å²) >= 11 is 0. The molecule has 0 atom stereocenters. The Morgan fingerprint density at radius 3 is 2.26 bits per heavy atom. The van der Waals surface area contributed by atoms with Crippen LogP contribution < -0.4 is 4.90 Å². The van der Waals surface area contributed by atoms with Crippen molar-refractivity contribution in [2.24, 2.45) is 5.92 Å². The number of nitrogens with zero attached hydrogens (tertiary/aromatic N) is 3. The van der Waals surface area contributed by atoms with E-state index in [1.807, 2.05) is 20.8 Å². The van der Waals surface area contributed by atoms with Gasteiger partial charge in [-0.15, -0.1) is 0 Å². The van der Waals surface area contributed by atoms with Crippen LogP contribution in [-0.4, -0.2) is 40.4 Å². The van der Waals surface area contributed by atoms with Crippen LogP contribution in [0.1, 0.15) is 46.1 Å². The first-order chi connectivity index (χ1) is 10.7. The molecule has 1 aromatic heterocycles. The molecule has 0 amide bonds. The van der Waals surface area contributed by atoms with Gasteiger partial charge < -0.3 is 9.64 Å². The van der Waals surface area contributed by atoms with E-state index in [0.29, 0.717) is 5.95 Å². The molecule has 6 nitrogen and oxygen atoms in total. The molecule has 2 rings (SSSR count). The van der Waals surface area contributed by atoms with Crippen LogP contribution in [-0.2, 0) is 20.7 Å². The van der Waals surface area contributed by atoms with Crippen LogP contribution in [0, 0.1) is 5.92 Å². The van der Waals surface area contributed by atoms with Crippen LogP contribution in [0.5, 0.6) is 0 Å². The quantitative estimate of drug-likeness (QED) is 0.792. The van der Waals surface area contributed by atoms with Crippen LogP contribution in [0.3, 0.4) is 0 Å². The molecule has 1 aliphatic rings. The fourth-order valence-electron chi connectivity index (χ4n) is 2.63. The van der Waals surface area contributed by atoms with Gasteiger partial charge in [0.25, 0.3) is 0 Å². The number of ketones is 1. The number of hydrogen-bond acceptors (Lipinski definition) is 6. The Morgan fingerprint density at radius 2 is 1.78 bits per heavy atom. The Labute approximate surface area is 137 Å². The second kappa shape index (κ2) is 7.06. The molecule has 0 radical (unpaired) electrons. The van der Waals surface area contributed by atoms with E-state index in [0.717, 1.165) is 31.5 Å². The minimum Gasteiger partial charge on any atom is -0.460 e. The number of ether oxygens (including phenoxy) is 1. The van der Waals surface area contributed by atoms with Gasteiger partial charge in [0.2, 0.25) is 5.95 Å². The molecule has 2 heterocycles. The van der Waals surface area contributed by atoms with Gasteiger partial charge in [-0.3, -0.25) is 9.59 Å². The standard InChI is InChI=1S/C17H25N3O3/c1-12(21)14-5-7-20(8-6-14)16-18-10-13(11-19-16)9-15(22)23-17(2,3)4/h10-11,14H,5-9H2,1-4H3. The summed E-state index contributed by atoms with van der Waals surface area (Å²) < 4.78 is 5.29. The van der Waals surface area contributed by atoms with E-state index < -0.39 is 5.60 Å². The van der Waals surface area contributed by atoms with E-state index >= 15 is 0 Å². The number of anilines is 1. The van der Waals surface area contributed by atoms with Crippen LogP contribution >= 0.6 is 0 Å². The Hall–Kier alpha value is -1.98. The number of aromatic nitrogens is 2. The van der Waals surface area contributed by atoms with Crippen molar-refractivity contribution < 1.29 is 14.3 Å². The topological polar surface area (TPSA) is 72.4 Å². The molecule has 0 aromatic carbocycles. The van der Waals surface area contributed by atoms with Crippen molar-refractivity contribution in [3.05, 3.63) is 18.0 Å². The molecule has 1 saturated heterocycles. The second-order valence-electron chi connectivity index (χ2n) is 7.03. The third-order valence-corrected chi connectivity index (χ3v) is 3.81. The Balaban J connectivity index is 1.90. The van der Waals surface area contributed by atoms with Crippen molar-refractivity contribution in [1.29, 1.82) is 0 Å². The molecule has 0 bridgehead atoms. The number of piperidine rings is 1. The summed E-state index contributed by atoms with van der Waals surface area (Å²) in [5.74, 6) is 0.798. The van der Waals surface area contributed by atoms with Gasteiger partial charge in [-0.05, 0) is 40.5 Å². The lowest BCUT2D eigenvalue weighted by Gasteiger charge is -2.30. The van der Waals surface area contributed by atoms with Gasteiger partial charge in [0.1, 0.15) is 11.4 Å². The average Bonchev–Trinajstić information content (AvgIpc) is 2.46. The second-order valence-corrected chi connectivity index (χ2v) is 7.03. The fraction of sp³-hybridized carbons (Fsp3) is 0.647. The summed E-state index contributed by atoms with van der Waals surface area (Å²) in [5.41, 5.74) is 0.250. The third-order valence-electron chi connectivity index (χ3n) is 3.81. The van der Waals surface area contributed by atoms with Gasteiger partial charge in [-0.25, -0.2) is 9.97 Å². The highest BCUT2D eigenvalue weighted by atomic mass is 16.6. The maximum Gasteiger partial charge on any atom is 0.310 e. The lowest BCUT2D eigenvalue weighted by molar-refractivity contribution is -0.153. The van der Waals surface area contributed by atoms with Crippen LogP contribution in [0.2, 0.25) is 0 Å². The van der Waals surface area contributed by atoms with E-state index in [-0.39, 0.29) is 24.1 Å². The SMILES string of the molecule is CC(=O)C1CCN(c2ncc(CC(=O)OC(C)(C)C)cn2)CC1. The predicted octanol–water partition coefficient (Wildman–Crippen LogP) is 2.17. The van der Waals surface area contributed by atoms with E-state index in [1.54, 1.807) is 19.3 Å². The highest BCUT2D eigenvalue weighted by molar-refractivity contribution is 5.78. The van der Waals surface area contributed by atoms with Crippen molar-refractivity contribution in [2.75, 3.05) is 18.0 Å². The Kier molecular flexibility index (Phi) is 5.34. The largest absolute Gasteiger partial charge is 0.460 e. The number of Topliss-reactive ketones (excluding diaryl/α,β-unsaturated/α-hetero) is 1. The maximum atomic E-state index is 11.8. The molecule has 126 valence electrons. The van der Waals surface area contributed by atoms with E-state index in [2.05, 4.69) is 14.9 Å². The normalized spacial score (nSPS) is 16.3. The molecule has 1 aliphatic heterocycles. The van der Waals surface area contributed by atoms with Gasteiger partial charge in [-0.2, -0.15) is 0 Å². The van der Waals surface area contributed by atoms with Gasteiger partial charge in [-0.1, -0.05) is 0 Å². The van der Waals surface area contributed by atoms with E-state index in [1.165, 1.54) is 0 Å². The summed E-state index contributed by atoms with van der Waals surface area (Å²) in [6.45, 7) is 8.76. The van der Waals surface area contributed by atoms with Crippen LogP contribution in [0.25, 0.3) is 0 Å². The minimum absolute atomic E-state index is 0.165. The predicted molar refractivity (Wildman–Crippen MR) is 87.2 cm³/mol. The average molecular weight is 319 g/mol. The maximum absolute atomic E-state index is 11.8. The third kappa shape index (κ3) is 5.30. The van der Waals surface area contributed by atoms with E-state index in [4.69, 9.17) is 4.74 Å². The first-order valence-corrected chi connectivity index (χ1v) is 8.03. The Bertz CT molecular complexity index is 555. The Morgan fingerprint density at radius 1 is 1.22 bits per heavy atom. The lowest BCUT2D eigenvalue weighted by atomic mass is 9.93. The fourth-order valence-corrected chi connectivity index (χ4v) is 2.63. The molecule has 1 aromatic rings. The molecular formula is C17H25N3O3. The molecule has 6 heteroatoms. The molecule has 0 aliphatic carbocycles. The zero-order valence-corrected chi connectivity index (χ0v) is 14.3. The highest BCUT2D eigenvalue weighted by Crippen LogP contribution is 2.21. The number of rotatable bonds is 4. The summed E-state index contributed by atoms with van der Waals surface area (Å²) in [6, 6.07) is 0. The molecule has 0 spiro atoms. The van der Waals surface area contributed by atoms with Crippen molar-refractivity contribution >= 4 is 17.7 Å². The first kappa shape index (κ1) is 17.4. The van der Waals surface area contributed by atoms with Crippen LogP contribution in [0.15, 0.2) is 12.4 Å². The smallest absolute Gasteiger partial charge is 0.310 e. The van der Waals surface area contributed by atoms with Gasteiger partial charge in [0.15, 0.2) is 0 Å². The zero-order chi connectivity index (χ0) is 17.0. The molecular weight excluding hydrogens is 294 g/mol. The summed E-state index contributed by atoms with van der Waals surface area (Å²) in [7, 11) is 0. The molecule has 1 fully saturated rings. The van der Waals surface area contributed by atoms with Crippen molar-refractivity contribution in [3.8, 4) is 0 Å². The molecule has 0 N–H and O–H groups in total. The lowest BCUT2D eigenvalue weighted by Crippen LogP contribution is -2.36. The molecule has 23 heavy (non-hydrogen) atoms. The van der Waals surface area contributed by atoms with Crippen molar-refractivity contribution in [2.45, 2.75) is 52.6 Å². The highest BCUT2D eigenvalue weighted by Gasteiger charge is 2.23. The number of carbonyl (C=O) groups excluding carboxylic acids is 2. The monoisotopic (exact) mass is 319 g/mol. The van der Waals surface area contributed by atoms with Crippen LogP contribution in [0.4, 0.5) is 5.95 Å². The van der Waals surface area contributed by atoms with Gasteiger partial charge in [0.05, 0.1) is 6.42 Å². The summed E-state index contributed by atoms with van der Waals surface area (Å²) in [5, 5.41) is 0. The van der Waals surface area contributed by atoms with E-state index in [9.17, 15) is 9.59 Å². The number of hydrogen-bond donors (Lipinski definition) is 0. The zero-order valence-electron chi connectivity index (χ0n) is 14.3. The van der Waals surface area contributed by atoms with Crippen molar-refractivity contribution in [1.82, 2.24) is 9.97 Å². The molecule has 0 saturated carbocycles. The molecule has 0 unspecified atom stereocenters. The number of carbonyl (C=O) groups is 2. The number of esters is 1. The summed E-state index contributed by atoms with van der Waals surface area (Å²) in [6.07, 6.45) is 5.20.